The molecule has 0 unspecified atom stereocenters. The standard InChI is InChI=1S/C11H15NO2/c13-8-9-4-3-7-12-11(9)14-10-5-1-2-6-10/h3-4,7,10,13H,1-2,5-6,8H2. The summed E-state index contributed by atoms with van der Waals surface area (Å²) in [6.07, 6.45) is 6.71. The van der Waals surface area contributed by atoms with Crippen molar-refractivity contribution in [1.82, 2.24) is 4.98 Å². The van der Waals surface area contributed by atoms with Crippen molar-refractivity contribution in [3.8, 4) is 5.88 Å². The first kappa shape index (κ1) is 9.46. The maximum Gasteiger partial charge on any atom is 0.219 e. The van der Waals surface area contributed by atoms with E-state index in [4.69, 9.17) is 9.84 Å². The van der Waals surface area contributed by atoms with Crippen molar-refractivity contribution in [2.45, 2.75) is 38.4 Å². The van der Waals surface area contributed by atoms with Crippen molar-refractivity contribution in [2.24, 2.45) is 0 Å². The maximum absolute atomic E-state index is 9.07. The van der Waals surface area contributed by atoms with Gasteiger partial charge in [-0.15, -0.1) is 0 Å². The molecule has 1 aromatic rings. The number of aromatic nitrogens is 1. The number of hydrogen-bond donors (Lipinski definition) is 1. The lowest BCUT2D eigenvalue weighted by Gasteiger charge is -2.13. The summed E-state index contributed by atoms with van der Waals surface area (Å²) in [5.74, 6) is 0.599. The van der Waals surface area contributed by atoms with Crippen molar-refractivity contribution < 1.29 is 9.84 Å². The van der Waals surface area contributed by atoms with E-state index in [2.05, 4.69) is 4.98 Å². The second-order valence-corrected chi connectivity index (χ2v) is 3.65. The molecule has 2 rings (SSSR count). The summed E-state index contributed by atoms with van der Waals surface area (Å²) < 4.78 is 5.73. The Bertz CT molecular complexity index is 295. The zero-order chi connectivity index (χ0) is 9.80. The molecule has 1 saturated carbocycles. The fraction of sp³-hybridized carbons (Fsp3) is 0.545. The molecule has 0 saturated heterocycles. The third-order valence-corrected chi connectivity index (χ3v) is 2.60. The Morgan fingerprint density at radius 1 is 1.43 bits per heavy atom. The lowest BCUT2D eigenvalue weighted by molar-refractivity contribution is 0.191. The SMILES string of the molecule is OCc1cccnc1OC1CCCC1. The van der Waals surface area contributed by atoms with Crippen LogP contribution < -0.4 is 4.74 Å². The molecule has 1 N–H and O–H groups in total. The van der Waals surface area contributed by atoms with Gasteiger partial charge in [-0.3, -0.25) is 0 Å². The Balaban J connectivity index is 2.07. The summed E-state index contributed by atoms with van der Waals surface area (Å²) in [5, 5.41) is 9.07. The van der Waals surface area contributed by atoms with Gasteiger partial charge in [-0.25, -0.2) is 4.98 Å². The molecule has 0 bridgehead atoms. The number of pyridine rings is 1. The Hall–Kier alpha value is -1.09. The van der Waals surface area contributed by atoms with E-state index in [9.17, 15) is 0 Å². The summed E-state index contributed by atoms with van der Waals surface area (Å²) in [6, 6.07) is 3.66. The zero-order valence-electron chi connectivity index (χ0n) is 8.15. The highest BCUT2D eigenvalue weighted by atomic mass is 16.5. The normalized spacial score (nSPS) is 17.2. The molecular formula is C11H15NO2. The summed E-state index contributed by atoms with van der Waals surface area (Å²) in [5.41, 5.74) is 0.777. The van der Waals surface area contributed by atoms with Gasteiger partial charge in [-0.05, 0) is 37.8 Å². The Morgan fingerprint density at radius 2 is 2.21 bits per heavy atom. The smallest absolute Gasteiger partial charge is 0.219 e. The van der Waals surface area contributed by atoms with Gasteiger partial charge in [0.2, 0.25) is 5.88 Å². The summed E-state index contributed by atoms with van der Waals surface area (Å²) >= 11 is 0. The molecule has 3 nitrogen and oxygen atoms in total. The summed E-state index contributed by atoms with van der Waals surface area (Å²) in [7, 11) is 0. The number of hydrogen-bond acceptors (Lipinski definition) is 3. The van der Waals surface area contributed by atoms with Gasteiger partial charge in [-0.1, -0.05) is 0 Å². The van der Waals surface area contributed by atoms with Gasteiger partial charge in [0.15, 0.2) is 0 Å². The average Bonchev–Trinajstić information content (AvgIpc) is 2.71. The monoisotopic (exact) mass is 193 g/mol. The van der Waals surface area contributed by atoms with Gasteiger partial charge in [0.25, 0.3) is 0 Å². The van der Waals surface area contributed by atoms with E-state index in [1.165, 1.54) is 12.8 Å². The van der Waals surface area contributed by atoms with Gasteiger partial charge in [0.05, 0.1) is 6.61 Å². The zero-order valence-corrected chi connectivity index (χ0v) is 8.15. The van der Waals surface area contributed by atoms with Crippen LogP contribution in [0.3, 0.4) is 0 Å². The summed E-state index contributed by atoms with van der Waals surface area (Å²) in [4.78, 5) is 4.13. The Kier molecular flexibility index (Phi) is 2.99. The van der Waals surface area contributed by atoms with Gasteiger partial charge in [0, 0.05) is 11.8 Å². The molecular weight excluding hydrogens is 178 g/mol. The third kappa shape index (κ3) is 2.04. The van der Waals surface area contributed by atoms with Crippen molar-refractivity contribution >= 4 is 0 Å². The average molecular weight is 193 g/mol. The minimum Gasteiger partial charge on any atom is -0.474 e. The predicted octanol–water partition coefficient (Wildman–Crippen LogP) is 1.90. The molecule has 0 atom stereocenters. The van der Waals surface area contributed by atoms with Crippen LogP contribution in [0.25, 0.3) is 0 Å². The highest BCUT2D eigenvalue weighted by molar-refractivity contribution is 5.24. The molecule has 0 spiro atoms. The fourth-order valence-electron chi connectivity index (χ4n) is 1.81. The Labute approximate surface area is 83.7 Å². The molecule has 0 aromatic carbocycles. The molecule has 0 amide bonds. The van der Waals surface area contributed by atoms with Crippen molar-refractivity contribution in [3.05, 3.63) is 23.9 Å². The van der Waals surface area contributed by atoms with Crippen LogP contribution in [0.2, 0.25) is 0 Å². The maximum atomic E-state index is 9.07. The molecule has 3 heteroatoms. The fourth-order valence-corrected chi connectivity index (χ4v) is 1.81. The lowest BCUT2D eigenvalue weighted by Crippen LogP contribution is -2.13. The first-order valence-corrected chi connectivity index (χ1v) is 5.11. The molecule has 76 valence electrons. The van der Waals surface area contributed by atoms with Crippen LogP contribution in [-0.2, 0) is 6.61 Å². The Morgan fingerprint density at radius 3 is 2.93 bits per heavy atom. The van der Waals surface area contributed by atoms with Crippen LogP contribution in [0.15, 0.2) is 18.3 Å². The molecule has 1 fully saturated rings. The minimum absolute atomic E-state index is 0.00407. The molecule has 1 aliphatic rings. The van der Waals surface area contributed by atoms with Gasteiger partial charge >= 0.3 is 0 Å². The van der Waals surface area contributed by atoms with Crippen LogP contribution in [0, 0.1) is 0 Å². The summed E-state index contributed by atoms with van der Waals surface area (Å²) in [6.45, 7) is -0.00407. The molecule has 1 heterocycles. The van der Waals surface area contributed by atoms with Crippen LogP contribution in [0.5, 0.6) is 5.88 Å². The van der Waals surface area contributed by atoms with Crippen LogP contribution in [-0.4, -0.2) is 16.2 Å². The number of rotatable bonds is 3. The van der Waals surface area contributed by atoms with Crippen LogP contribution in [0.4, 0.5) is 0 Å². The van der Waals surface area contributed by atoms with E-state index in [0.717, 1.165) is 18.4 Å². The highest BCUT2D eigenvalue weighted by Crippen LogP contribution is 2.24. The van der Waals surface area contributed by atoms with E-state index >= 15 is 0 Å². The topological polar surface area (TPSA) is 42.4 Å². The van der Waals surface area contributed by atoms with Crippen LogP contribution >= 0.6 is 0 Å². The number of ether oxygens (including phenoxy) is 1. The first-order valence-electron chi connectivity index (χ1n) is 5.11. The number of aliphatic hydroxyl groups is 1. The molecule has 1 aliphatic carbocycles. The molecule has 14 heavy (non-hydrogen) atoms. The molecule has 1 aromatic heterocycles. The van der Waals surface area contributed by atoms with E-state index < -0.39 is 0 Å². The molecule has 0 radical (unpaired) electrons. The molecule has 0 aliphatic heterocycles. The van der Waals surface area contributed by atoms with Crippen molar-refractivity contribution in [1.29, 1.82) is 0 Å². The quantitative estimate of drug-likeness (QED) is 0.797. The lowest BCUT2D eigenvalue weighted by atomic mass is 10.2. The van der Waals surface area contributed by atoms with Gasteiger partial charge in [-0.2, -0.15) is 0 Å². The largest absolute Gasteiger partial charge is 0.474 e. The second kappa shape index (κ2) is 4.42. The van der Waals surface area contributed by atoms with E-state index in [1.54, 1.807) is 6.20 Å². The second-order valence-electron chi connectivity index (χ2n) is 3.65. The predicted molar refractivity (Wildman–Crippen MR) is 53.0 cm³/mol. The number of aliphatic hydroxyl groups excluding tert-OH is 1. The van der Waals surface area contributed by atoms with Crippen LogP contribution in [0.1, 0.15) is 31.2 Å². The van der Waals surface area contributed by atoms with Crippen molar-refractivity contribution in [3.63, 3.8) is 0 Å². The van der Waals surface area contributed by atoms with Gasteiger partial charge in [0.1, 0.15) is 6.10 Å². The van der Waals surface area contributed by atoms with Gasteiger partial charge < -0.3 is 9.84 Å². The first-order chi connectivity index (χ1) is 6.90. The number of nitrogens with zero attached hydrogens (tertiary/aromatic N) is 1. The van der Waals surface area contributed by atoms with E-state index in [1.807, 2.05) is 12.1 Å². The van der Waals surface area contributed by atoms with E-state index in [-0.39, 0.29) is 6.61 Å². The van der Waals surface area contributed by atoms with E-state index in [0.29, 0.717) is 12.0 Å². The minimum atomic E-state index is -0.00407. The highest BCUT2D eigenvalue weighted by Gasteiger charge is 2.18. The third-order valence-electron chi connectivity index (χ3n) is 2.60. The van der Waals surface area contributed by atoms with Crippen molar-refractivity contribution in [2.75, 3.05) is 0 Å².